The lowest BCUT2D eigenvalue weighted by Crippen LogP contribution is -2.10. The minimum Gasteiger partial charge on any atom is -0.385 e. The van der Waals surface area contributed by atoms with Gasteiger partial charge in [-0.1, -0.05) is 0 Å². The lowest BCUT2D eigenvalue weighted by molar-refractivity contribution is -0.151. The summed E-state index contributed by atoms with van der Waals surface area (Å²) in [5.74, 6) is -1.36. The molecule has 1 heterocycles. The van der Waals surface area contributed by atoms with Crippen molar-refractivity contribution in [3.05, 3.63) is 10.5 Å². The predicted octanol–water partition coefficient (Wildman–Crippen LogP) is 0.679. The van der Waals surface area contributed by atoms with Crippen molar-refractivity contribution in [1.29, 1.82) is 0 Å². The van der Waals surface area contributed by atoms with Gasteiger partial charge < -0.3 is 9.47 Å². The quantitative estimate of drug-likeness (QED) is 0.415. The van der Waals surface area contributed by atoms with E-state index in [2.05, 4.69) is 17.4 Å². The molecule has 0 atom stereocenters. The molecule has 1 rings (SSSR count). The molecule has 0 N–H and O–H groups in total. The van der Waals surface area contributed by atoms with Crippen molar-refractivity contribution in [2.45, 2.75) is 20.0 Å². The van der Waals surface area contributed by atoms with Crippen LogP contribution in [0.1, 0.15) is 13.8 Å². The highest BCUT2D eigenvalue weighted by Crippen LogP contribution is 2.20. The Morgan fingerprint density at radius 2 is 2.00 bits per heavy atom. The Balaban J connectivity index is 2.67. The first-order valence-electron chi connectivity index (χ1n) is 3.82. The number of ether oxygens (including phenoxy) is 2. The van der Waals surface area contributed by atoms with Gasteiger partial charge in [0.2, 0.25) is 0 Å². The number of esters is 2. The molecule has 13 heavy (non-hydrogen) atoms. The van der Waals surface area contributed by atoms with Crippen molar-refractivity contribution in [3.63, 3.8) is 0 Å². The molecule has 0 fully saturated rings. The van der Waals surface area contributed by atoms with Crippen LogP contribution in [-0.4, -0.2) is 24.6 Å². The standard InChI is InChI=1S/C8H10O4S/c1-4(2)11-3-5-6(13)8(10)12-7(5)9/h4,13H,3H2,1-2H3. The molecule has 0 saturated carbocycles. The molecule has 4 nitrogen and oxygen atoms in total. The third-order valence-corrected chi connectivity index (χ3v) is 1.92. The zero-order chi connectivity index (χ0) is 10.0. The molecule has 0 aromatic rings. The molecule has 1 aliphatic rings. The highest BCUT2D eigenvalue weighted by Gasteiger charge is 2.30. The minimum absolute atomic E-state index is 0.00265. The normalized spacial score (nSPS) is 17.2. The van der Waals surface area contributed by atoms with Crippen molar-refractivity contribution < 1.29 is 19.1 Å². The average molecular weight is 202 g/mol. The van der Waals surface area contributed by atoms with Crippen LogP contribution in [0.25, 0.3) is 0 Å². The summed E-state index contributed by atoms with van der Waals surface area (Å²) in [4.78, 5) is 21.8. The van der Waals surface area contributed by atoms with Crippen molar-refractivity contribution in [2.24, 2.45) is 0 Å². The highest BCUT2D eigenvalue weighted by molar-refractivity contribution is 7.85. The van der Waals surface area contributed by atoms with E-state index in [4.69, 9.17) is 4.74 Å². The summed E-state index contributed by atoms with van der Waals surface area (Å²) in [6, 6.07) is 0. The molecule has 0 amide bonds. The van der Waals surface area contributed by atoms with E-state index in [1.165, 1.54) is 0 Å². The van der Waals surface area contributed by atoms with Gasteiger partial charge in [0.1, 0.15) is 4.91 Å². The van der Waals surface area contributed by atoms with Crippen LogP contribution in [0.3, 0.4) is 0 Å². The first-order valence-corrected chi connectivity index (χ1v) is 4.27. The molecule has 0 aromatic carbocycles. The SMILES string of the molecule is CC(C)OCC1=C(S)C(=O)OC1=O. The summed E-state index contributed by atoms with van der Waals surface area (Å²) >= 11 is 3.85. The van der Waals surface area contributed by atoms with Crippen LogP contribution >= 0.6 is 12.6 Å². The summed E-state index contributed by atoms with van der Waals surface area (Å²) < 4.78 is 9.47. The Kier molecular flexibility index (Phi) is 3.11. The van der Waals surface area contributed by atoms with Gasteiger partial charge in [0, 0.05) is 0 Å². The lowest BCUT2D eigenvalue weighted by atomic mass is 10.3. The Labute approximate surface area is 81.3 Å². The van der Waals surface area contributed by atoms with Crippen molar-refractivity contribution in [2.75, 3.05) is 6.61 Å². The Morgan fingerprint density at radius 1 is 1.38 bits per heavy atom. The monoisotopic (exact) mass is 202 g/mol. The van der Waals surface area contributed by atoms with E-state index < -0.39 is 11.9 Å². The fourth-order valence-corrected chi connectivity index (χ4v) is 0.993. The third-order valence-electron chi connectivity index (χ3n) is 1.47. The second-order valence-electron chi connectivity index (χ2n) is 2.86. The van der Waals surface area contributed by atoms with Crippen LogP contribution in [0.15, 0.2) is 10.5 Å². The summed E-state index contributed by atoms with van der Waals surface area (Å²) in [5, 5.41) is 0. The van der Waals surface area contributed by atoms with E-state index in [9.17, 15) is 9.59 Å². The van der Waals surface area contributed by atoms with Crippen LogP contribution in [0, 0.1) is 0 Å². The number of hydrogen-bond acceptors (Lipinski definition) is 5. The zero-order valence-corrected chi connectivity index (χ0v) is 8.26. The van der Waals surface area contributed by atoms with Crippen LogP contribution < -0.4 is 0 Å². The van der Waals surface area contributed by atoms with Crippen LogP contribution in [0.4, 0.5) is 0 Å². The lowest BCUT2D eigenvalue weighted by Gasteiger charge is -2.05. The fraction of sp³-hybridized carbons (Fsp3) is 0.500. The topological polar surface area (TPSA) is 52.6 Å². The largest absolute Gasteiger partial charge is 0.385 e. The van der Waals surface area contributed by atoms with Crippen molar-refractivity contribution in [1.82, 2.24) is 0 Å². The molecule has 0 unspecified atom stereocenters. The van der Waals surface area contributed by atoms with Gasteiger partial charge in [0.15, 0.2) is 0 Å². The van der Waals surface area contributed by atoms with E-state index in [-0.39, 0.29) is 23.2 Å². The Morgan fingerprint density at radius 3 is 2.38 bits per heavy atom. The van der Waals surface area contributed by atoms with Gasteiger partial charge in [0.25, 0.3) is 0 Å². The molecular formula is C8H10O4S. The van der Waals surface area contributed by atoms with Gasteiger partial charge in [0.05, 0.1) is 18.3 Å². The molecule has 0 aromatic heterocycles. The van der Waals surface area contributed by atoms with Crippen molar-refractivity contribution >= 4 is 24.6 Å². The zero-order valence-electron chi connectivity index (χ0n) is 7.36. The molecule has 1 aliphatic heterocycles. The first kappa shape index (κ1) is 10.3. The second kappa shape index (κ2) is 3.93. The number of rotatable bonds is 3. The second-order valence-corrected chi connectivity index (χ2v) is 3.31. The van der Waals surface area contributed by atoms with E-state index in [1.54, 1.807) is 0 Å². The average Bonchev–Trinajstić information content (AvgIpc) is 2.24. The van der Waals surface area contributed by atoms with Crippen LogP contribution in [0.2, 0.25) is 0 Å². The fourth-order valence-electron chi connectivity index (χ4n) is 0.791. The van der Waals surface area contributed by atoms with E-state index >= 15 is 0 Å². The van der Waals surface area contributed by atoms with Gasteiger partial charge in [-0.3, -0.25) is 0 Å². The van der Waals surface area contributed by atoms with Gasteiger partial charge in [-0.15, -0.1) is 12.6 Å². The number of hydrogen-bond donors (Lipinski definition) is 1. The van der Waals surface area contributed by atoms with Gasteiger partial charge in [-0.25, -0.2) is 9.59 Å². The molecule has 0 bridgehead atoms. The number of cyclic esters (lactones) is 2. The maximum absolute atomic E-state index is 11.0. The molecule has 5 heteroatoms. The summed E-state index contributed by atoms with van der Waals surface area (Å²) in [7, 11) is 0. The number of carbonyl (C=O) groups is 2. The number of thiol groups is 1. The predicted molar refractivity (Wildman–Crippen MR) is 48.2 cm³/mol. The Hall–Kier alpha value is -0.810. The van der Waals surface area contributed by atoms with Gasteiger partial charge in [-0.05, 0) is 13.8 Å². The van der Waals surface area contributed by atoms with E-state index in [0.29, 0.717) is 0 Å². The Bertz CT molecular complexity index is 280. The third kappa shape index (κ3) is 2.32. The molecule has 0 radical (unpaired) electrons. The number of carbonyl (C=O) groups excluding carboxylic acids is 2. The molecule has 0 saturated heterocycles. The maximum Gasteiger partial charge on any atom is 0.352 e. The molecule has 0 aliphatic carbocycles. The first-order chi connectivity index (χ1) is 6.02. The molecule has 0 spiro atoms. The summed E-state index contributed by atoms with van der Waals surface area (Å²) in [6.45, 7) is 3.74. The maximum atomic E-state index is 11.0. The highest BCUT2D eigenvalue weighted by atomic mass is 32.1. The van der Waals surface area contributed by atoms with Crippen LogP contribution in [0.5, 0.6) is 0 Å². The van der Waals surface area contributed by atoms with E-state index in [0.717, 1.165) is 0 Å². The molecule has 72 valence electrons. The minimum atomic E-state index is -0.698. The molecular weight excluding hydrogens is 192 g/mol. The van der Waals surface area contributed by atoms with E-state index in [1.807, 2.05) is 13.8 Å². The summed E-state index contributed by atoms with van der Waals surface area (Å²) in [6.07, 6.45) is -0.00265. The summed E-state index contributed by atoms with van der Waals surface area (Å²) in [5.41, 5.74) is 0.196. The van der Waals surface area contributed by atoms with Gasteiger partial charge >= 0.3 is 11.9 Å². The van der Waals surface area contributed by atoms with Gasteiger partial charge in [-0.2, -0.15) is 0 Å². The smallest absolute Gasteiger partial charge is 0.352 e. The van der Waals surface area contributed by atoms with Crippen LogP contribution in [-0.2, 0) is 19.1 Å². The van der Waals surface area contributed by atoms with Crippen molar-refractivity contribution in [3.8, 4) is 0 Å².